The summed E-state index contributed by atoms with van der Waals surface area (Å²) in [6.45, 7) is 0. The largest absolute Gasteiger partial charge is 0.497 e. The minimum absolute atomic E-state index is 0.0830. The fourth-order valence-corrected chi connectivity index (χ4v) is 3.63. The van der Waals surface area contributed by atoms with Crippen molar-refractivity contribution in [1.82, 2.24) is 14.8 Å². The van der Waals surface area contributed by atoms with Gasteiger partial charge in [0.2, 0.25) is 5.82 Å². The first-order valence-electron chi connectivity index (χ1n) is 10.2. The maximum Gasteiger partial charge on any atom is 0.295 e. The average molecular weight is 420 g/mol. The van der Waals surface area contributed by atoms with Gasteiger partial charge in [0.05, 0.1) is 12.8 Å². The summed E-state index contributed by atoms with van der Waals surface area (Å²) in [7, 11) is 1.58. The molecule has 4 aromatic carbocycles. The molecule has 6 heteroatoms. The second kappa shape index (κ2) is 8.35. The first kappa shape index (κ1) is 19.5. The highest BCUT2D eigenvalue weighted by atomic mass is 16.5. The highest BCUT2D eigenvalue weighted by Crippen LogP contribution is 2.27. The summed E-state index contributed by atoms with van der Waals surface area (Å²) in [6, 6.07) is 31.0. The fourth-order valence-electron chi connectivity index (χ4n) is 3.63. The maximum absolute atomic E-state index is 13.0. The third-order valence-corrected chi connectivity index (χ3v) is 5.16. The van der Waals surface area contributed by atoms with Gasteiger partial charge in [-0.15, -0.1) is 5.10 Å². The van der Waals surface area contributed by atoms with Crippen LogP contribution in [-0.2, 0) is 0 Å². The number of ether oxygens (including phenoxy) is 1. The number of nitrogens with zero attached hydrogens (tertiary/aromatic N) is 3. The van der Waals surface area contributed by atoms with Gasteiger partial charge in [-0.1, -0.05) is 72.8 Å². The van der Waals surface area contributed by atoms with Gasteiger partial charge in [-0.25, -0.2) is 9.67 Å². The van der Waals surface area contributed by atoms with Gasteiger partial charge in [0, 0.05) is 22.7 Å². The van der Waals surface area contributed by atoms with Crippen LogP contribution < -0.4 is 10.1 Å². The van der Waals surface area contributed by atoms with Crippen LogP contribution in [0.2, 0.25) is 0 Å². The third-order valence-electron chi connectivity index (χ3n) is 5.16. The van der Waals surface area contributed by atoms with Crippen LogP contribution in [0.5, 0.6) is 5.75 Å². The van der Waals surface area contributed by atoms with Gasteiger partial charge >= 0.3 is 0 Å². The molecule has 1 heterocycles. The Bertz CT molecular complexity index is 1400. The molecule has 0 radical (unpaired) electrons. The minimum Gasteiger partial charge on any atom is -0.497 e. The Hall–Kier alpha value is -4.45. The summed E-state index contributed by atoms with van der Waals surface area (Å²) < 4.78 is 6.97. The molecule has 1 aromatic heterocycles. The zero-order chi connectivity index (χ0) is 21.9. The van der Waals surface area contributed by atoms with Crippen LogP contribution in [0.1, 0.15) is 10.6 Å². The standard InChI is InChI=1S/C26H20N4O2/c1-32-21-14-8-13-20(17-21)27-26(31)24-28-25(19-10-3-2-4-11-19)30(29-24)23-16-7-12-18-9-5-6-15-22(18)23/h2-17H,1H3,(H,27,31). The highest BCUT2D eigenvalue weighted by Gasteiger charge is 2.20. The van der Waals surface area contributed by atoms with Crippen LogP contribution in [0.25, 0.3) is 27.8 Å². The number of carbonyl (C=O) groups is 1. The Morgan fingerprint density at radius 1 is 0.875 bits per heavy atom. The van der Waals surface area contributed by atoms with Crippen LogP contribution in [-0.4, -0.2) is 27.8 Å². The first-order chi connectivity index (χ1) is 15.7. The Labute approximate surface area is 185 Å². The lowest BCUT2D eigenvalue weighted by Crippen LogP contribution is -2.14. The van der Waals surface area contributed by atoms with Gasteiger partial charge in [-0.3, -0.25) is 4.79 Å². The van der Waals surface area contributed by atoms with E-state index in [0.29, 0.717) is 17.3 Å². The number of benzene rings is 4. The lowest BCUT2D eigenvalue weighted by molar-refractivity contribution is 0.101. The van der Waals surface area contributed by atoms with Crippen molar-refractivity contribution in [2.45, 2.75) is 0 Å². The van der Waals surface area contributed by atoms with Crippen molar-refractivity contribution < 1.29 is 9.53 Å². The van der Waals surface area contributed by atoms with Gasteiger partial charge in [0.1, 0.15) is 5.75 Å². The molecule has 0 atom stereocenters. The van der Waals surface area contributed by atoms with Crippen LogP contribution in [0.4, 0.5) is 5.69 Å². The molecule has 0 fully saturated rings. The molecule has 0 saturated carbocycles. The molecule has 0 bridgehead atoms. The minimum atomic E-state index is -0.394. The van der Waals surface area contributed by atoms with Crippen LogP contribution >= 0.6 is 0 Å². The molecule has 0 aliphatic heterocycles. The highest BCUT2D eigenvalue weighted by molar-refractivity contribution is 6.02. The lowest BCUT2D eigenvalue weighted by atomic mass is 10.1. The summed E-state index contributed by atoms with van der Waals surface area (Å²) in [5, 5.41) is 9.57. The topological polar surface area (TPSA) is 69.0 Å². The van der Waals surface area contributed by atoms with Crippen LogP contribution in [0.15, 0.2) is 97.1 Å². The molecule has 0 aliphatic carbocycles. The van der Waals surface area contributed by atoms with E-state index in [1.165, 1.54) is 0 Å². The maximum atomic E-state index is 13.0. The number of nitrogens with one attached hydrogen (secondary N) is 1. The molecule has 6 nitrogen and oxygen atoms in total. The van der Waals surface area contributed by atoms with Crippen molar-refractivity contribution in [3.8, 4) is 22.8 Å². The molecule has 0 aliphatic rings. The normalized spacial score (nSPS) is 10.8. The van der Waals surface area contributed by atoms with Crippen molar-refractivity contribution in [2.24, 2.45) is 0 Å². The van der Waals surface area contributed by atoms with E-state index in [4.69, 9.17) is 4.74 Å². The van der Waals surface area contributed by atoms with E-state index in [9.17, 15) is 4.79 Å². The second-order valence-corrected chi connectivity index (χ2v) is 7.22. The van der Waals surface area contributed by atoms with E-state index in [1.54, 1.807) is 23.9 Å². The Morgan fingerprint density at radius 2 is 1.62 bits per heavy atom. The number of amides is 1. The monoisotopic (exact) mass is 420 g/mol. The van der Waals surface area contributed by atoms with Gasteiger partial charge in [0.25, 0.3) is 5.91 Å². The smallest absolute Gasteiger partial charge is 0.295 e. The average Bonchev–Trinajstić information content (AvgIpc) is 3.30. The van der Waals surface area contributed by atoms with E-state index < -0.39 is 5.91 Å². The fraction of sp³-hybridized carbons (Fsp3) is 0.0385. The van der Waals surface area contributed by atoms with Crippen molar-refractivity contribution in [3.63, 3.8) is 0 Å². The van der Waals surface area contributed by atoms with Gasteiger partial charge < -0.3 is 10.1 Å². The summed E-state index contributed by atoms with van der Waals surface area (Å²) in [5.74, 6) is 0.939. The predicted octanol–water partition coefficient (Wildman–Crippen LogP) is 5.35. The lowest BCUT2D eigenvalue weighted by Gasteiger charge is -2.09. The Morgan fingerprint density at radius 3 is 2.47 bits per heavy atom. The molecule has 5 rings (SSSR count). The summed E-state index contributed by atoms with van der Waals surface area (Å²) >= 11 is 0. The zero-order valence-electron chi connectivity index (χ0n) is 17.4. The molecule has 0 unspecified atom stereocenters. The molecule has 0 saturated heterocycles. The molecule has 5 aromatic rings. The molecule has 32 heavy (non-hydrogen) atoms. The molecule has 0 spiro atoms. The van der Waals surface area contributed by atoms with Crippen molar-refractivity contribution in [2.75, 3.05) is 12.4 Å². The van der Waals surface area contributed by atoms with Crippen LogP contribution in [0, 0.1) is 0 Å². The zero-order valence-corrected chi connectivity index (χ0v) is 17.4. The summed E-state index contributed by atoms with van der Waals surface area (Å²) in [5.41, 5.74) is 2.33. The number of aromatic nitrogens is 3. The quantitative estimate of drug-likeness (QED) is 0.416. The number of rotatable bonds is 5. The number of hydrogen-bond acceptors (Lipinski definition) is 4. The van der Waals surface area contributed by atoms with Crippen molar-refractivity contribution >= 4 is 22.4 Å². The van der Waals surface area contributed by atoms with Gasteiger partial charge in [-0.05, 0) is 23.6 Å². The summed E-state index contributed by atoms with van der Waals surface area (Å²) in [4.78, 5) is 17.6. The van der Waals surface area contributed by atoms with E-state index >= 15 is 0 Å². The van der Waals surface area contributed by atoms with E-state index in [0.717, 1.165) is 22.0 Å². The molecular weight excluding hydrogens is 400 g/mol. The van der Waals surface area contributed by atoms with E-state index in [2.05, 4.69) is 15.4 Å². The first-order valence-corrected chi connectivity index (χ1v) is 10.2. The number of hydrogen-bond donors (Lipinski definition) is 1. The van der Waals surface area contributed by atoms with E-state index in [1.807, 2.05) is 84.9 Å². The number of anilines is 1. The Balaban J connectivity index is 1.61. The second-order valence-electron chi connectivity index (χ2n) is 7.22. The SMILES string of the molecule is COc1cccc(NC(=O)c2nc(-c3ccccc3)n(-c3cccc4ccccc34)n2)c1. The van der Waals surface area contributed by atoms with Crippen molar-refractivity contribution in [3.05, 3.63) is 103 Å². The number of methoxy groups -OCH3 is 1. The molecule has 1 amide bonds. The molecule has 1 N–H and O–H groups in total. The summed E-state index contributed by atoms with van der Waals surface area (Å²) in [6.07, 6.45) is 0. The number of carbonyl (C=O) groups excluding carboxylic acids is 1. The molecular formula is C26H20N4O2. The third kappa shape index (κ3) is 3.70. The van der Waals surface area contributed by atoms with Gasteiger partial charge in [0.15, 0.2) is 5.82 Å². The van der Waals surface area contributed by atoms with Crippen molar-refractivity contribution in [1.29, 1.82) is 0 Å². The van der Waals surface area contributed by atoms with Crippen LogP contribution in [0.3, 0.4) is 0 Å². The number of fused-ring (bicyclic) bond motifs is 1. The van der Waals surface area contributed by atoms with E-state index in [-0.39, 0.29) is 5.82 Å². The van der Waals surface area contributed by atoms with Gasteiger partial charge in [-0.2, -0.15) is 0 Å². The predicted molar refractivity (Wildman–Crippen MR) is 125 cm³/mol. The Kier molecular flexibility index (Phi) is 5.09. The molecule has 156 valence electrons.